The Hall–Kier alpha value is -2.24. The van der Waals surface area contributed by atoms with Crippen LogP contribution in [-0.2, 0) is 4.74 Å². The maximum Gasteiger partial charge on any atom is 0.407 e. The fraction of sp³-hybridized carbons (Fsp3) is 0.385. The monoisotopic (exact) mass is 266 g/mol. The van der Waals surface area contributed by atoms with Crippen molar-refractivity contribution < 1.29 is 19.4 Å². The Kier molecular flexibility index (Phi) is 5.66. The lowest BCUT2D eigenvalue weighted by Crippen LogP contribution is -2.35. The minimum absolute atomic E-state index is 0.0594. The van der Waals surface area contributed by atoms with Crippen molar-refractivity contribution in [2.24, 2.45) is 0 Å². The number of benzene rings is 1. The quantitative estimate of drug-likeness (QED) is 0.698. The van der Waals surface area contributed by atoms with E-state index in [2.05, 4.69) is 15.4 Å². The first kappa shape index (κ1) is 14.8. The van der Waals surface area contributed by atoms with Crippen molar-refractivity contribution in [3.8, 4) is 5.75 Å². The Bertz CT molecular complexity index is 460. The zero-order valence-corrected chi connectivity index (χ0v) is 11.0. The van der Waals surface area contributed by atoms with E-state index in [4.69, 9.17) is 0 Å². The van der Waals surface area contributed by atoms with E-state index in [-0.39, 0.29) is 30.3 Å². The summed E-state index contributed by atoms with van der Waals surface area (Å²) in [5.74, 6) is -0.445. The van der Waals surface area contributed by atoms with Gasteiger partial charge in [-0.1, -0.05) is 6.07 Å². The molecule has 0 bridgehead atoms. The number of aryl methyl sites for hydroxylation is 1. The first-order valence-corrected chi connectivity index (χ1v) is 6.03. The molecule has 0 saturated heterocycles. The molecule has 0 fully saturated rings. The number of amides is 2. The summed E-state index contributed by atoms with van der Waals surface area (Å²) in [6.45, 7) is 4.35. The molecule has 6 nitrogen and oxygen atoms in total. The maximum absolute atomic E-state index is 11.7. The van der Waals surface area contributed by atoms with Gasteiger partial charge in [-0.2, -0.15) is 0 Å². The van der Waals surface area contributed by atoms with Crippen LogP contribution >= 0.6 is 0 Å². The molecule has 1 rings (SSSR count). The normalized spacial score (nSPS) is 9.79. The van der Waals surface area contributed by atoms with Crippen molar-refractivity contribution in [2.45, 2.75) is 13.8 Å². The van der Waals surface area contributed by atoms with Crippen LogP contribution in [0.1, 0.15) is 22.8 Å². The minimum atomic E-state index is -0.519. The molecule has 0 unspecified atom stereocenters. The van der Waals surface area contributed by atoms with Gasteiger partial charge in [-0.15, -0.1) is 0 Å². The number of phenolic OH excluding ortho intramolecular Hbond substituents is 1. The van der Waals surface area contributed by atoms with Gasteiger partial charge in [0.2, 0.25) is 0 Å². The van der Waals surface area contributed by atoms with Gasteiger partial charge in [0.25, 0.3) is 5.91 Å². The Labute approximate surface area is 111 Å². The van der Waals surface area contributed by atoms with Gasteiger partial charge >= 0.3 is 6.09 Å². The second-order valence-electron chi connectivity index (χ2n) is 3.92. The van der Waals surface area contributed by atoms with Crippen molar-refractivity contribution in [2.75, 3.05) is 19.7 Å². The molecule has 104 valence electrons. The predicted octanol–water partition coefficient (Wildman–Crippen LogP) is 1.18. The van der Waals surface area contributed by atoms with Gasteiger partial charge in [-0.3, -0.25) is 4.79 Å². The number of hydrogen-bond acceptors (Lipinski definition) is 4. The first-order chi connectivity index (χ1) is 9.04. The molecule has 0 spiro atoms. The molecule has 1 aromatic carbocycles. The lowest BCUT2D eigenvalue weighted by molar-refractivity contribution is 0.0949. The third-order valence-corrected chi connectivity index (χ3v) is 2.35. The number of aromatic hydroxyl groups is 1. The van der Waals surface area contributed by atoms with Gasteiger partial charge < -0.3 is 20.5 Å². The third-order valence-electron chi connectivity index (χ3n) is 2.35. The topological polar surface area (TPSA) is 87.7 Å². The van der Waals surface area contributed by atoms with Gasteiger partial charge in [0.15, 0.2) is 0 Å². The molecule has 3 N–H and O–H groups in total. The predicted molar refractivity (Wildman–Crippen MR) is 70.2 cm³/mol. The van der Waals surface area contributed by atoms with E-state index >= 15 is 0 Å². The molecular formula is C13H18N2O4. The molecule has 0 aliphatic rings. The second-order valence-corrected chi connectivity index (χ2v) is 3.92. The van der Waals surface area contributed by atoms with E-state index in [0.29, 0.717) is 6.61 Å². The molecule has 0 heterocycles. The smallest absolute Gasteiger partial charge is 0.407 e. The lowest BCUT2D eigenvalue weighted by atomic mass is 10.1. The second kappa shape index (κ2) is 7.25. The van der Waals surface area contributed by atoms with Crippen LogP contribution in [0.15, 0.2) is 18.2 Å². The highest BCUT2D eigenvalue weighted by Crippen LogP contribution is 2.17. The highest BCUT2D eigenvalue weighted by molar-refractivity contribution is 5.96. The van der Waals surface area contributed by atoms with Crippen LogP contribution in [0.25, 0.3) is 0 Å². The SMILES string of the molecule is CCOC(=O)NCCNC(=O)c1ccc(C)cc1O. The first-order valence-electron chi connectivity index (χ1n) is 6.03. The summed E-state index contributed by atoms with van der Waals surface area (Å²) in [5.41, 5.74) is 1.08. The van der Waals surface area contributed by atoms with Crippen LogP contribution < -0.4 is 10.6 Å². The Morgan fingerprint density at radius 2 is 1.95 bits per heavy atom. The van der Waals surface area contributed by atoms with Crippen LogP contribution in [0, 0.1) is 6.92 Å². The summed E-state index contributed by atoms with van der Waals surface area (Å²) < 4.78 is 4.66. The summed E-state index contributed by atoms with van der Waals surface area (Å²) in [5, 5.41) is 14.7. The zero-order chi connectivity index (χ0) is 14.3. The molecule has 0 aliphatic heterocycles. The molecule has 0 aromatic heterocycles. The molecule has 6 heteroatoms. The summed E-state index contributed by atoms with van der Waals surface area (Å²) in [6, 6.07) is 4.82. The Morgan fingerprint density at radius 3 is 2.58 bits per heavy atom. The van der Waals surface area contributed by atoms with Crippen LogP contribution in [0.3, 0.4) is 0 Å². The Morgan fingerprint density at radius 1 is 1.26 bits per heavy atom. The van der Waals surface area contributed by atoms with E-state index in [1.807, 2.05) is 6.92 Å². The van der Waals surface area contributed by atoms with Crippen molar-refractivity contribution in [3.05, 3.63) is 29.3 Å². The molecule has 0 radical (unpaired) electrons. The van der Waals surface area contributed by atoms with Crippen molar-refractivity contribution in [1.82, 2.24) is 10.6 Å². The number of carbonyl (C=O) groups is 2. The number of ether oxygens (including phenoxy) is 1. The van der Waals surface area contributed by atoms with Gasteiger partial charge in [-0.05, 0) is 31.5 Å². The molecule has 19 heavy (non-hydrogen) atoms. The van der Waals surface area contributed by atoms with Gasteiger partial charge in [0.1, 0.15) is 5.75 Å². The molecule has 2 amide bonds. The lowest BCUT2D eigenvalue weighted by Gasteiger charge is -2.08. The summed E-state index contributed by atoms with van der Waals surface area (Å²) in [7, 11) is 0. The maximum atomic E-state index is 11.7. The minimum Gasteiger partial charge on any atom is -0.507 e. The average Bonchev–Trinajstić information content (AvgIpc) is 2.34. The van der Waals surface area contributed by atoms with Crippen LogP contribution in [0.2, 0.25) is 0 Å². The summed E-state index contributed by atoms with van der Waals surface area (Å²) in [4.78, 5) is 22.7. The molecular weight excluding hydrogens is 248 g/mol. The highest BCUT2D eigenvalue weighted by Gasteiger charge is 2.10. The fourth-order valence-electron chi connectivity index (χ4n) is 1.45. The van der Waals surface area contributed by atoms with Crippen molar-refractivity contribution >= 4 is 12.0 Å². The third kappa shape index (κ3) is 4.87. The van der Waals surface area contributed by atoms with Crippen molar-refractivity contribution in [1.29, 1.82) is 0 Å². The van der Waals surface area contributed by atoms with Gasteiger partial charge in [-0.25, -0.2) is 4.79 Å². The number of carbonyl (C=O) groups excluding carboxylic acids is 2. The summed E-state index contributed by atoms with van der Waals surface area (Å²) in [6.07, 6.45) is -0.519. The fourth-order valence-corrected chi connectivity index (χ4v) is 1.45. The number of phenols is 1. The van der Waals surface area contributed by atoms with Gasteiger partial charge in [0.05, 0.1) is 12.2 Å². The molecule has 0 aliphatic carbocycles. The highest BCUT2D eigenvalue weighted by atomic mass is 16.5. The number of hydrogen-bond donors (Lipinski definition) is 3. The van der Waals surface area contributed by atoms with E-state index in [1.54, 1.807) is 19.1 Å². The number of nitrogens with one attached hydrogen (secondary N) is 2. The summed E-state index contributed by atoms with van der Waals surface area (Å²) >= 11 is 0. The van der Waals surface area contributed by atoms with E-state index in [9.17, 15) is 14.7 Å². The molecule has 1 aromatic rings. The van der Waals surface area contributed by atoms with Crippen LogP contribution in [0.5, 0.6) is 5.75 Å². The average molecular weight is 266 g/mol. The van der Waals surface area contributed by atoms with Crippen molar-refractivity contribution in [3.63, 3.8) is 0 Å². The van der Waals surface area contributed by atoms with Crippen LogP contribution in [0.4, 0.5) is 4.79 Å². The van der Waals surface area contributed by atoms with E-state index in [1.165, 1.54) is 6.07 Å². The number of rotatable bonds is 5. The molecule has 0 saturated carbocycles. The van der Waals surface area contributed by atoms with E-state index < -0.39 is 6.09 Å². The Balaban J connectivity index is 2.37. The van der Waals surface area contributed by atoms with Gasteiger partial charge in [0, 0.05) is 13.1 Å². The molecule has 0 atom stereocenters. The van der Waals surface area contributed by atoms with Crippen LogP contribution in [-0.4, -0.2) is 36.8 Å². The zero-order valence-electron chi connectivity index (χ0n) is 11.0. The van der Waals surface area contributed by atoms with E-state index in [0.717, 1.165) is 5.56 Å². The standard InChI is InChI=1S/C13H18N2O4/c1-3-19-13(18)15-7-6-14-12(17)10-5-4-9(2)8-11(10)16/h4-5,8,16H,3,6-7H2,1-2H3,(H,14,17)(H,15,18). The largest absolute Gasteiger partial charge is 0.507 e. The number of alkyl carbamates (subject to hydrolysis) is 1.